The lowest BCUT2D eigenvalue weighted by atomic mass is 9.99. The van der Waals surface area contributed by atoms with Crippen LogP contribution in [0.5, 0.6) is 0 Å². The smallest absolute Gasteiger partial charge is 0.253 e. The minimum Gasteiger partial charge on any atom is -0.338 e. The number of aryl methyl sites for hydroxylation is 1. The van der Waals surface area contributed by atoms with Gasteiger partial charge in [-0.15, -0.1) is 0 Å². The van der Waals surface area contributed by atoms with E-state index in [1.165, 1.54) is 4.31 Å². The highest BCUT2D eigenvalue weighted by molar-refractivity contribution is 7.89. The first-order chi connectivity index (χ1) is 18.7. The molecule has 208 valence electrons. The van der Waals surface area contributed by atoms with Crippen LogP contribution in [0.25, 0.3) is 10.8 Å². The van der Waals surface area contributed by atoms with Crippen LogP contribution in [-0.2, 0) is 21.4 Å². The molecule has 3 aromatic rings. The molecule has 3 aromatic carbocycles. The number of amides is 2. The lowest BCUT2D eigenvalue weighted by Gasteiger charge is -2.39. The van der Waals surface area contributed by atoms with Gasteiger partial charge in [-0.05, 0) is 67.1 Å². The molecule has 0 unspecified atom stereocenters. The van der Waals surface area contributed by atoms with Gasteiger partial charge in [0.1, 0.15) is 0 Å². The van der Waals surface area contributed by atoms with Gasteiger partial charge in [-0.1, -0.05) is 61.5 Å². The Morgan fingerprint density at radius 3 is 2.26 bits per heavy atom. The van der Waals surface area contributed by atoms with Crippen LogP contribution in [0, 0.1) is 6.92 Å². The highest BCUT2D eigenvalue weighted by Crippen LogP contribution is 2.24. The number of likely N-dealkylation sites (tertiary alicyclic amines) is 1. The number of carbonyl (C=O) groups is 2. The zero-order chi connectivity index (χ0) is 28.0. The van der Waals surface area contributed by atoms with Crippen molar-refractivity contribution in [2.24, 2.45) is 0 Å². The van der Waals surface area contributed by atoms with E-state index in [9.17, 15) is 18.0 Å². The molecule has 39 heavy (non-hydrogen) atoms. The largest absolute Gasteiger partial charge is 0.338 e. The molecule has 0 saturated carbocycles. The minimum absolute atomic E-state index is 0.000793. The van der Waals surface area contributed by atoms with Crippen LogP contribution < -0.4 is 0 Å². The van der Waals surface area contributed by atoms with Crippen molar-refractivity contribution in [2.75, 3.05) is 31.9 Å². The van der Waals surface area contributed by atoms with Gasteiger partial charge in [-0.25, -0.2) is 8.42 Å². The number of hydrogen-bond acceptors (Lipinski definition) is 4. The van der Waals surface area contributed by atoms with E-state index in [4.69, 9.17) is 0 Å². The van der Waals surface area contributed by atoms with Crippen LogP contribution in [0.1, 0.15) is 54.6 Å². The first kappa shape index (κ1) is 28.8. The molecule has 0 spiro atoms. The van der Waals surface area contributed by atoms with Crippen molar-refractivity contribution >= 4 is 32.6 Å². The number of hydrogen-bond donors (Lipinski definition) is 0. The lowest BCUT2D eigenvalue weighted by molar-refractivity contribution is -0.135. The van der Waals surface area contributed by atoms with E-state index >= 15 is 0 Å². The molecule has 2 amide bonds. The van der Waals surface area contributed by atoms with Crippen molar-refractivity contribution in [3.05, 3.63) is 83.4 Å². The first-order valence-electron chi connectivity index (χ1n) is 13.8. The van der Waals surface area contributed by atoms with Crippen LogP contribution in [0.3, 0.4) is 0 Å². The second-order valence-corrected chi connectivity index (χ2v) is 12.5. The monoisotopic (exact) mass is 549 g/mol. The van der Waals surface area contributed by atoms with E-state index in [1.807, 2.05) is 90.4 Å². The van der Waals surface area contributed by atoms with Gasteiger partial charge in [0.2, 0.25) is 15.9 Å². The van der Waals surface area contributed by atoms with Gasteiger partial charge in [0.15, 0.2) is 0 Å². The molecule has 0 bridgehead atoms. The van der Waals surface area contributed by atoms with Crippen LogP contribution in [0.4, 0.5) is 0 Å². The molecule has 1 saturated heterocycles. The number of nitrogens with zero attached hydrogens (tertiary/aromatic N) is 3. The van der Waals surface area contributed by atoms with Crippen LogP contribution in [0.15, 0.2) is 66.7 Å². The van der Waals surface area contributed by atoms with Crippen molar-refractivity contribution in [3.63, 3.8) is 0 Å². The predicted octanol–water partition coefficient (Wildman–Crippen LogP) is 4.84. The van der Waals surface area contributed by atoms with Crippen molar-refractivity contribution in [1.82, 2.24) is 14.1 Å². The fourth-order valence-electron chi connectivity index (χ4n) is 5.27. The molecule has 0 aromatic heterocycles. The Morgan fingerprint density at radius 2 is 1.59 bits per heavy atom. The number of sulfonamides is 1. The molecule has 1 aliphatic heterocycles. The van der Waals surface area contributed by atoms with Crippen LogP contribution in [-0.4, -0.2) is 72.3 Å². The van der Waals surface area contributed by atoms with Crippen molar-refractivity contribution < 1.29 is 18.0 Å². The van der Waals surface area contributed by atoms with E-state index in [0.717, 1.165) is 21.9 Å². The third kappa shape index (κ3) is 6.86. The first-order valence-corrected chi connectivity index (χ1v) is 15.4. The lowest BCUT2D eigenvalue weighted by Crippen LogP contribution is -2.51. The van der Waals surface area contributed by atoms with Gasteiger partial charge in [-0.3, -0.25) is 9.59 Å². The van der Waals surface area contributed by atoms with E-state index in [-0.39, 0.29) is 30.2 Å². The zero-order valence-corrected chi connectivity index (χ0v) is 24.0. The molecule has 7 nitrogen and oxygen atoms in total. The molecule has 8 heteroatoms. The summed E-state index contributed by atoms with van der Waals surface area (Å²) in [7, 11) is -3.50. The number of carbonyl (C=O) groups excluding carboxylic acids is 2. The van der Waals surface area contributed by atoms with Crippen LogP contribution >= 0.6 is 0 Å². The maximum atomic E-state index is 13.7. The predicted molar refractivity (Wildman–Crippen MR) is 156 cm³/mol. The molecular formula is C31H39N3O4S. The summed E-state index contributed by atoms with van der Waals surface area (Å²) in [6, 6.07) is 21.7. The second-order valence-electron chi connectivity index (χ2n) is 10.3. The van der Waals surface area contributed by atoms with Crippen molar-refractivity contribution in [1.29, 1.82) is 0 Å². The summed E-state index contributed by atoms with van der Waals surface area (Å²) >= 11 is 0. The zero-order valence-electron chi connectivity index (χ0n) is 23.2. The highest BCUT2D eigenvalue weighted by atomic mass is 32.2. The van der Waals surface area contributed by atoms with Gasteiger partial charge >= 0.3 is 0 Å². The van der Waals surface area contributed by atoms with E-state index < -0.39 is 10.0 Å². The molecule has 0 radical (unpaired) electrons. The highest BCUT2D eigenvalue weighted by Gasteiger charge is 2.32. The SMILES string of the molecule is CCCN(CC(=O)N(Cc1ccccc1C)C1CCN(C(=O)c2ccc3ccccc3c2)CC1)S(=O)(=O)CC. The van der Waals surface area contributed by atoms with Gasteiger partial charge in [0.05, 0.1) is 12.3 Å². The second kappa shape index (κ2) is 12.7. The van der Waals surface area contributed by atoms with E-state index in [1.54, 1.807) is 6.92 Å². The minimum atomic E-state index is -3.50. The Hall–Kier alpha value is -3.23. The maximum Gasteiger partial charge on any atom is 0.253 e. The van der Waals surface area contributed by atoms with Crippen molar-refractivity contribution in [2.45, 2.75) is 52.6 Å². The third-order valence-electron chi connectivity index (χ3n) is 7.65. The summed E-state index contributed by atoms with van der Waals surface area (Å²) in [5.41, 5.74) is 2.80. The molecule has 1 aliphatic rings. The molecule has 0 aliphatic carbocycles. The van der Waals surface area contributed by atoms with Gasteiger partial charge < -0.3 is 9.80 Å². The maximum absolute atomic E-state index is 13.7. The average molecular weight is 550 g/mol. The fraction of sp³-hybridized carbons (Fsp3) is 0.419. The molecule has 4 rings (SSSR count). The van der Waals surface area contributed by atoms with Gasteiger partial charge in [0.25, 0.3) is 5.91 Å². The Labute approximate surface area is 232 Å². The summed E-state index contributed by atoms with van der Waals surface area (Å²) in [6.07, 6.45) is 1.93. The summed E-state index contributed by atoms with van der Waals surface area (Å²) in [5.74, 6) is -0.227. The molecule has 1 heterocycles. The summed E-state index contributed by atoms with van der Waals surface area (Å²) in [5, 5.41) is 2.13. The quantitative estimate of drug-likeness (QED) is 0.363. The molecule has 0 N–H and O–H groups in total. The number of benzene rings is 3. The van der Waals surface area contributed by atoms with Gasteiger partial charge in [0, 0.05) is 37.8 Å². The molecular weight excluding hydrogens is 510 g/mol. The molecule has 0 atom stereocenters. The topological polar surface area (TPSA) is 78.0 Å². The standard InChI is InChI=1S/C31H39N3O4S/c1-4-18-33(39(37,38)5-2)23-30(35)34(22-28-13-7-6-10-24(28)3)29-16-19-32(20-17-29)31(36)27-15-14-25-11-8-9-12-26(25)21-27/h6-15,21,29H,4-5,16-20,22-23H2,1-3H3. The van der Waals surface area contributed by atoms with E-state index in [0.29, 0.717) is 51.0 Å². The average Bonchev–Trinajstić information content (AvgIpc) is 2.96. The summed E-state index contributed by atoms with van der Waals surface area (Å²) < 4.78 is 26.7. The summed E-state index contributed by atoms with van der Waals surface area (Å²) in [6.45, 7) is 7.20. The number of fused-ring (bicyclic) bond motifs is 1. The number of rotatable bonds is 10. The fourth-order valence-corrected chi connectivity index (χ4v) is 6.40. The molecule has 1 fully saturated rings. The Morgan fingerprint density at radius 1 is 0.923 bits per heavy atom. The Bertz CT molecular complexity index is 1410. The third-order valence-corrected chi connectivity index (χ3v) is 9.48. The van der Waals surface area contributed by atoms with Gasteiger partial charge in [-0.2, -0.15) is 4.31 Å². The van der Waals surface area contributed by atoms with Crippen LogP contribution in [0.2, 0.25) is 0 Å². The Balaban J connectivity index is 1.50. The normalized spacial score (nSPS) is 14.6. The summed E-state index contributed by atoms with van der Waals surface area (Å²) in [4.78, 5) is 30.7. The Kier molecular flexibility index (Phi) is 9.40. The van der Waals surface area contributed by atoms with E-state index in [2.05, 4.69) is 0 Å². The van der Waals surface area contributed by atoms with Crippen molar-refractivity contribution in [3.8, 4) is 0 Å². The number of piperidine rings is 1.